The Morgan fingerprint density at radius 1 is 1.00 bits per heavy atom. The molecule has 1 amide bonds. The van der Waals surface area contributed by atoms with Gasteiger partial charge in [0.15, 0.2) is 14.6 Å². The van der Waals surface area contributed by atoms with Gasteiger partial charge in [-0.1, -0.05) is 25.2 Å². The van der Waals surface area contributed by atoms with Gasteiger partial charge in [0.1, 0.15) is 0 Å². The van der Waals surface area contributed by atoms with Gasteiger partial charge in [-0.2, -0.15) is 9.30 Å². The van der Waals surface area contributed by atoms with Gasteiger partial charge < -0.3 is 9.30 Å². The summed E-state index contributed by atoms with van der Waals surface area (Å²) in [6.45, 7) is 5.51. The minimum atomic E-state index is -3.65. The summed E-state index contributed by atoms with van der Waals surface area (Å²) in [5.41, 5.74) is 0.989. The molecule has 0 saturated heterocycles. The third-order valence-corrected chi connectivity index (χ3v) is 9.55. The molecule has 0 aliphatic carbocycles. The predicted octanol–water partition coefficient (Wildman–Crippen LogP) is 3.30. The number of ether oxygens (including phenoxy) is 1. The number of nitrogens with zero attached hydrogens (tertiary/aromatic N) is 3. The lowest BCUT2D eigenvalue weighted by molar-refractivity contribution is 0.0997. The van der Waals surface area contributed by atoms with E-state index in [1.165, 1.54) is 46.0 Å². The van der Waals surface area contributed by atoms with E-state index in [9.17, 15) is 21.6 Å². The third-order valence-electron chi connectivity index (χ3n) is 5.48. The molecular weight excluding hydrogens is 522 g/mol. The second-order valence-corrected chi connectivity index (χ2v) is 13.2. The van der Waals surface area contributed by atoms with Crippen LogP contribution in [0, 0.1) is 0 Å². The highest BCUT2D eigenvalue weighted by Crippen LogP contribution is 2.22. The van der Waals surface area contributed by atoms with E-state index in [4.69, 9.17) is 4.74 Å². The Labute approximate surface area is 216 Å². The lowest BCUT2D eigenvalue weighted by atomic mass is 10.2. The fourth-order valence-corrected chi connectivity index (χ4v) is 7.13. The molecule has 0 aliphatic heterocycles. The van der Waals surface area contributed by atoms with Crippen molar-refractivity contribution in [1.82, 2.24) is 8.87 Å². The Balaban J connectivity index is 2.00. The van der Waals surface area contributed by atoms with Crippen LogP contribution in [0.15, 0.2) is 57.2 Å². The van der Waals surface area contributed by atoms with Crippen LogP contribution in [0.5, 0.6) is 0 Å². The molecule has 0 fully saturated rings. The fourth-order valence-electron chi connectivity index (χ4n) is 3.69. The van der Waals surface area contributed by atoms with Crippen LogP contribution in [0.4, 0.5) is 0 Å². The minimum Gasteiger partial charge on any atom is -0.383 e. The van der Waals surface area contributed by atoms with Crippen LogP contribution in [-0.4, -0.2) is 64.7 Å². The topological polar surface area (TPSA) is 115 Å². The number of sulfonamides is 1. The Bertz CT molecular complexity index is 1500. The quantitative estimate of drug-likeness (QED) is 0.360. The van der Waals surface area contributed by atoms with Crippen molar-refractivity contribution >= 4 is 47.3 Å². The molecule has 1 heterocycles. The molecule has 9 nitrogen and oxygen atoms in total. The van der Waals surface area contributed by atoms with Crippen LogP contribution < -0.4 is 4.80 Å². The maximum atomic E-state index is 13.0. The third kappa shape index (κ3) is 6.30. The van der Waals surface area contributed by atoms with Crippen LogP contribution in [0.2, 0.25) is 0 Å². The van der Waals surface area contributed by atoms with E-state index in [-0.39, 0.29) is 15.4 Å². The zero-order valence-corrected chi connectivity index (χ0v) is 23.2. The highest BCUT2D eigenvalue weighted by molar-refractivity contribution is 7.90. The number of benzene rings is 2. The molecule has 3 aromatic rings. The number of rotatable bonds is 11. The van der Waals surface area contributed by atoms with E-state index in [0.717, 1.165) is 11.8 Å². The molecule has 1 aromatic heterocycles. The molecule has 0 aliphatic rings. The molecule has 12 heteroatoms. The lowest BCUT2D eigenvalue weighted by Gasteiger charge is -2.21. The van der Waals surface area contributed by atoms with Gasteiger partial charge >= 0.3 is 0 Å². The van der Waals surface area contributed by atoms with Gasteiger partial charge in [-0.15, -0.1) is 0 Å². The first kappa shape index (κ1) is 28.2. The van der Waals surface area contributed by atoms with Crippen LogP contribution in [0.25, 0.3) is 10.2 Å². The number of thiazole rings is 1. The summed E-state index contributed by atoms with van der Waals surface area (Å²) in [7, 11) is -5.47. The van der Waals surface area contributed by atoms with Crippen molar-refractivity contribution in [2.45, 2.75) is 43.0 Å². The van der Waals surface area contributed by atoms with Gasteiger partial charge in [0.05, 0.1) is 26.6 Å². The SMILES string of the molecule is CCCN(CCC)S(=O)(=O)c1ccc(C(=O)N=c2sc3cc(S(C)(=O)=O)ccc3n2CCOC)cc1. The Kier molecular flexibility index (Phi) is 9.23. The summed E-state index contributed by atoms with van der Waals surface area (Å²) in [6.07, 6.45) is 2.56. The lowest BCUT2D eigenvalue weighted by Crippen LogP contribution is -2.32. The molecule has 2 aromatic carbocycles. The Morgan fingerprint density at radius 3 is 2.17 bits per heavy atom. The first-order chi connectivity index (χ1) is 17.0. The summed E-state index contributed by atoms with van der Waals surface area (Å²) >= 11 is 1.20. The summed E-state index contributed by atoms with van der Waals surface area (Å²) in [5, 5.41) is 0. The number of carbonyl (C=O) groups is 1. The number of aromatic nitrogens is 1. The maximum absolute atomic E-state index is 13.0. The smallest absolute Gasteiger partial charge is 0.279 e. The summed E-state index contributed by atoms with van der Waals surface area (Å²) in [5.74, 6) is -0.529. The molecule has 0 N–H and O–H groups in total. The van der Waals surface area contributed by atoms with Crippen LogP contribution >= 0.6 is 11.3 Å². The second kappa shape index (κ2) is 11.8. The molecule has 0 bridgehead atoms. The maximum Gasteiger partial charge on any atom is 0.279 e. The number of hydrogen-bond acceptors (Lipinski definition) is 7. The van der Waals surface area contributed by atoms with Crippen LogP contribution in [-0.2, 0) is 31.1 Å². The highest BCUT2D eigenvalue weighted by Gasteiger charge is 2.23. The van der Waals surface area contributed by atoms with E-state index < -0.39 is 25.8 Å². The molecule has 0 spiro atoms. The molecule has 0 radical (unpaired) electrons. The van der Waals surface area contributed by atoms with Crippen molar-refractivity contribution in [2.24, 2.45) is 4.99 Å². The van der Waals surface area contributed by atoms with Crippen molar-refractivity contribution in [1.29, 1.82) is 0 Å². The van der Waals surface area contributed by atoms with Crippen LogP contribution in [0.1, 0.15) is 37.0 Å². The fraction of sp³-hybridized carbons (Fsp3) is 0.417. The number of carbonyl (C=O) groups excluding carboxylic acids is 1. The van der Waals surface area contributed by atoms with Crippen molar-refractivity contribution in [3.8, 4) is 0 Å². The zero-order chi connectivity index (χ0) is 26.5. The van der Waals surface area contributed by atoms with E-state index in [1.54, 1.807) is 23.8 Å². The summed E-state index contributed by atoms with van der Waals surface area (Å²) in [6, 6.07) is 10.6. The van der Waals surface area contributed by atoms with Crippen molar-refractivity contribution in [2.75, 3.05) is 33.1 Å². The predicted molar refractivity (Wildman–Crippen MR) is 140 cm³/mol. The normalized spacial score (nSPS) is 13.1. The molecule has 0 unspecified atom stereocenters. The van der Waals surface area contributed by atoms with Crippen molar-refractivity contribution < 1.29 is 26.4 Å². The van der Waals surface area contributed by atoms with Crippen molar-refractivity contribution in [3.05, 3.63) is 52.8 Å². The first-order valence-corrected chi connectivity index (χ1v) is 15.7. The van der Waals surface area contributed by atoms with Gasteiger partial charge in [0.2, 0.25) is 10.0 Å². The number of hydrogen-bond donors (Lipinski definition) is 0. The Morgan fingerprint density at radius 2 is 1.61 bits per heavy atom. The molecule has 0 atom stereocenters. The van der Waals surface area contributed by atoms with E-state index in [1.807, 2.05) is 13.8 Å². The number of sulfone groups is 1. The monoisotopic (exact) mass is 553 g/mol. The number of fused-ring (bicyclic) bond motifs is 1. The first-order valence-electron chi connectivity index (χ1n) is 11.5. The average molecular weight is 554 g/mol. The van der Waals surface area contributed by atoms with Crippen LogP contribution in [0.3, 0.4) is 0 Å². The molecule has 3 rings (SSSR count). The van der Waals surface area contributed by atoms with Crippen molar-refractivity contribution in [3.63, 3.8) is 0 Å². The minimum absolute atomic E-state index is 0.131. The van der Waals surface area contributed by atoms with E-state index in [0.29, 0.717) is 48.6 Å². The average Bonchev–Trinajstić information content (AvgIpc) is 3.18. The van der Waals surface area contributed by atoms with Gasteiger partial charge in [-0.3, -0.25) is 4.79 Å². The molecule has 196 valence electrons. The highest BCUT2D eigenvalue weighted by atomic mass is 32.2. The van der Waals surface area contributed by atoms with Gasteiger partial charge in [-0.05, 0) is 55.3 Å². The largest absolute Gasteiger partial charge is 0.383 e. The van der Waals surface area contributed by atoms with E-state index >= 15 is 0 Å². The van der Waals surface area contributed by atoms with E-state index in [2.05, 4.69) is 4.99 Å². The Hall–Kier alpha value is -2.38. The standard InChI is InChI=1S/C24H31N3O6S3/c1-5-13-26(14-6-2)36(31,32)19-9-7-18(8-10-19)23(28)25-24-27(15-16-33-3)21-12-11-20(35(4,29)30)17-22(21)34-24/h7-12,17H,5-6,13-16H2,1-4H3. The summed E-state index contributed by atoms with van der Waals surface area (Å²) < 4.78 is 59.0. The summed E-state index contributed by atoms with van der Waals surface area (Å²) in [4.78, 5) is 18.0. The molecular formula is C24H31N3O6S3. The number of amides is 1. The number of methoxy groups -OCH3 is 1. The zero-order valence-electron chi connectivity index (χ0n) is 20.8. The van der Waals surface area contributed by atoms with Gasteiger partial charge in [0.25, 0.3) is 5.91 Å². The second-order valence-electron chi connectivity index (χ2n) is 8.28. The molecule has 0 saturated carbocycles. The molecule has 36 heavy (non-hydrogen) atoms. The van der Waals surface area contributed by atoms with Gasteiger partial charge in [-0.25, -0.2) is 16.8 Å². The van der Waals surface area contributed by atoms with Gasteiger partial charge in [0, 0.05) is 38.6 Å².